The molecule has 0 aromatic carbocycles. The van der Waals surface area contributed by atoms with Crippen LogP contribution < -0.4 is 0 Å². The van der Waals surface area contributed by atoms with Gasteiger partial charge < -0.3 is 0 Å². The van der Waals surface area contributed by atoms with E-state index in [4.69, 9.17) is 0 Å². The van der Waals surface area contributed by atoms with Crippen molar-refractivity contribution in [3.05, 3.63) is 29.6 Å². The van der Waals surface area contributed by atoms with E-state index in [2.05, 4.69) is 16.8 Å². The molecule has 0 N–H and O–H groups in total. The van der Waals surface area contributed by atoms with Crippen LogP contribution in [0.3, 0.4) is 0 Å². The van der Waals surface area contributed by atoms with Crippen molar-refractivity contribution in [2.45, 2.75) is 47.6 Å². The molecular formula is C15H26F2N2. The molecule has 1 saturated heterocycles. The van der Waals surface area contributed by atoms with E-state index in [1.54, 1.807) is 12.1 Å². The first-order chi connectivity index (χ1) is 9.15. The minimum Gasteiger partial charge on any atom is -0.297 e. The predicted octanol–water partition coefficient (Wildman–Crippen LogP) is 4.52. The molecule has 1 aromatic heterocycles. The van der Waals surface area contributed by atoms with Crippen LogP contribution >= 0.6 is 0 Å². The smallest absolute Gasteiger partial charge is 0.280 e. The van der Waals surface area contributed by atoms with Crippen molar-refractivity contribution in [2.75, 3.05) is 13.1 Å². The van der Waals surface area contributed by atoms with Crippen molar-refractivity contribution < 1.29 is 8.78 Å². The van der Waals surface area contributed by atoms with E-state index in [9.17, 15) is 8.78 Å². The third kappa shape index (κ3) is 6.10. The zero-order chi connectivity index (χ0) is 14.8. The minimum atomic E-state index is -2.47. The maximum absolute atomic E-state index is 12.4. The van der Waals surface area contributed by atoms with Crippen molar-refractivity contribution in [2.24, 2.45) is 5.92 Å². The number of rotatable bonds is 3. The van der Waals surface area contributed by atoms with Gasteiger partial charge >= 0.3 is 0 Å². The quantitative estimate of drug-likeness (QED) is 0.804. The molecule has 110 valence electrons. The number of nitrogens with zero attached hydrogens (tertiary/aromatic N) is 2. The van der Waals surface area contributed by atoms with Crippen LogP contribution in [-0.2, 0) is 6.54 Å². The van der Waals surface area contributed by atoms with Crippen molar-refractivity contribution in [3.8, 4) is 0 Å². The fourth-order valence-corrected chi connectivity index (χ4v) is 1.89. The summed E-state index contributed by atoms with van der Waals surface area (Å²) in [4.78, 5) is 6.14. The lowest BCUT2D eigenvalue weighted by molar-refractivity contribution is 0.102. The number of hydrogen-bond donors (Lipinski definition) is 0. The van der Waals surface area contributed by atoms with Crippen molar-refractivity contribution in [1.29, 1.82) is 0 Å². The Morgan fingerprint density at radius 1 is 1.21 bits per heavy atom. The van der Waals surface area contributed by atoms with Gasteiger partial charge in [-0.3, -0.25) is 9.88 Å². The molecule has 0 bridgehead atoms. The van der Waals surface area contributed by atoms with Crippen LogP contribution in [0.15, 0.2) is 18.2 Å². The number of alkyl halides is 2. The van der Waals surface area contributed by atoms with E-state index in [-0.39, 0.29) is 5.69 Å². The molecule has 0 saturated carbocycles. The molecule has 0 aliphatic carbocycles. The highest BCUT2D eigenvalue weighted by molar-refractivity contribution is 5.12. The Balaban J connectivity index is 0.000000741. The molecule has 0 spiro atoms. The van der Waals surface area contributed by atoms with Gasteiger partial charge in [0.25, 0.3) is 6.43 Å². The summed E-state index contributed by atoms with van der Waals surface area (Å²) in [6.07, 6.45) is -2.47. The summed E-state index contributed by atoms with van der Waals surface area (Å²) < 4.78 is 24.7. The molecule has 1 aliphatic rings. The molecule has 1 aromatic rings. The molecule has 1 fully saturated rings. The summed E-state index contributed by atoms with van der Waals surface area (Å²) in [6, 6.07) is 4.81. The summed E-state index contributed by atoms with van der Waals surface area (Å²) in [7, 11) is 0. The fourth-order valence-electron chi connectivity index (χ4n) is 1.89. The lowest BCUT2D eigenvalue weighted by atomic mass is 10.0. The second-order valence-electron chi connectivity index (χ2n) is 4.15. The number of likely N-dealkylation sites (tertiary alicyclic amines) is 1. The Labute approximate surface area is 115 Å². The Hall–Kier alpha value is -1.03. The van der Waals surface area contributed by atoms with E-state index >= 15 is 0 Å². The van der Waals surface area contributed by atoms with Gasteiger partial charge in [0.05, 0.1) is 5.69 Å². The van der Waals surface area contributed by atoms with E-state index < -0.39 is 6.43 Å². The van der Waals surface area contributed by atoms with Crippen LogP contribution in [0.2, 0.25) is 0 Å². The van der Waals surface area contributed by atoms with E-state index in [0.717, 1.165) is 24.7 Å². The van der Waals surface area contributed by atoms with Gasteiger partial charge in [0.2, 0.25) is 0 Å². The van der Waals surface area contributed by atoms with Gasteiger partial charge in [0.1, 0.15) is 5.69 Å². The molecule has 19 heavy (non-hydrogen) atoms. The van der Waals surface area contributed by atoms with Crippen molar-refractivity contribution in [1.82, 2.24) is 9.88 Å². The molecule has 2 rings (SSSR count). The molecule has 0 atom stereocenters. The Bertz CT molecular complexity index is 337. The Kier molecular flexibility index (Phi) is 9.31. The summed E-state index contributed by atoms with van der Waals surface area (Å²) in [5.74, 6) is 0.725. The first-order valence-corrected chi connectivity index (χ1v) is 7.11. The standard InChI is InChI=1S/C11H14F2N2.2C2H6/c1-8-5-15(6-8)7-9-3-2-4-10(14-9)11(12)13;2*1-2/h2-4,8,11H,5-7H2,1H3;2*1-2H3. The topological polar surface area (TPSA) is 16.1 Å². The number of aromatic nitrogens is 1. The van der Waals surface area contributed by atoms with E-state index in [0.29, 0.717) is 6.54 Å². The third-order valence-corrected chi connectivity index (χ3v) is 2.58. The average Bonchev–Trinajstić information content (AvgIpc) is 2.42. The highest BCUT2D eigenvalue weighted by atomic mass is 19.3. The molecule has 2 heterocycles. The van der Waals surface area contributed by atoms with Crippen molar-refractivity contribution in [3.63, 3.8) is 0 Å². The average molecular weight is 272 g/mol. The summed E-state index contributed by atoms with van der Waals surface area (Å²) in [5, 5.41) is 0. The van der Waals surface area contributed by atoms with Gasteiger partial charge in [0, 0.05) is 19.6 Å². The Morgan fingerprint density at radius 2 is 1.79 bits per heavy atom. The van der Waals surface area contributed by atoms with Crippen LogP contribution in [0.5, 0.6) is 0 Å². The largest absolute Gasteiger partial charge is 0.297 e. The van der Waals surface area contributed by atoms with Gasteiger partial charge in [-0.05, 0) is 18.1 Å². The van der Waals surface area contributed by atoms with Gasteiger partial charge in [-0.1, -0.05) is 40.7 Å². The third-order valence-electron chi connectivity index (χ3n) is 2.58. The van der Waals surface area contributed by atoms with Crippen molar-refractivity contribution >= 4 is 0 Å². The first-order valence-electron chi connectivity index (χ1n) is 7.11. The molecular weight excluding hydrogens is 246 g/mol. The molecule has 2 nitrogen and oxygen atoms in total. The van der Waals surface area contributed by atoms with E-state index in [1.807, 2.05) is 27.7 Å². The van der Waals surface area contributed by atoms with Gasteiger partial charge in [0.15, 0.2) is 0 Å². The predicted molar refractivity (Wildman–Crippen MR) is 76.3 cm³/mol. The number of hydrogen-bond acceptors (Lipinski definition) is 2. The van der Waals surface area contributed by atoms with Gasteiger partial charge in [-0.25, -0.2) is 8.78 Å². The summed E-state index contributed by atoms with van der Waals surface area (Å²) in [5.41, 5.74) is 0.612. The van der Waals surface area contributed by atoms with Crippen LogP contribution in [0, 0.1) is 5.92 Å². The summed E-state index contributed by atoms with van der Waals surface area (Å²) in [6.45, 7) is 12.9. The van der Waals surface area contributed by atoms with E-state index in [1.165, 1.54) is 6.07 Å². The Morgan fingerprint density at radius 3 is 2.26 bits per heavy atom. The van der Waals surface area contributed by atoms with Gasteiger partial charge in [-0.2, -0.15) is 0 Å². The monoisotopic (exact) mass is 272 g/mol. The molecule has 1 aliphatic heterocycles. The molecule has 0 amide bonds. The SMILES string of the molecule is CC.CC.CC1CN(Cc2cccc(C(F)F)n2)C1. The second kappa shape index (κ2) is 9.84. The highest BCUT2D eigenvalue weighted by Gasteiger charge is 2.22. The van der Waals surface area contributed by atoms with Crippen LogP contribution in [0.25, 0.3) is 0 Å². The lowest BCUT2D eigenvalue weighted by Gasteiger charge is -2.36. The minimum absolute atomic E-state index is 0.124. The van der Waals surface area contributed by atoms with Gasteiger partial charge in [-0.15, -0.1) is 0 Å². The fraction of sp³-hybridized carbons (Fsp3) is 0.667. The zero-order valence-corrected chi connectivity index (χ0v) is 12.7. The molecule has 0 radical (unpaired) electrons. The van der Waals surface area contributed by atoms with Crippen LogP contribution in [0.1, 0.15) is 52.4 Å². The molecule has 0 unspecified atom stereocenters. The first kappa shape index (κ1) is 18.0. The maximum atomic E-state index is 12.4. The zero-order valence-electron chi connectivity index (χ0n) is 12.7. The number of halogens is 2. The molecule has 4 heteroatoms. The second-order valence-corrected chi connectivity index (χ2v) is 4.15. The lowest BCUT2D eigenvalue weighted by Crippen LogP contribution is -2.44. The normalized spacial score (nSPS) is 14.9. The number of pyridine rings is 1. The van der Waals surface area contributed by atoms with Crippen LogP contribution in [-0.4, -0.2) is 23.0 Å². The maximum Gasteiger partial charge on any atom is 0.280 e. The van der Waals surface area contributed by atoms with Crippen LogP contribution in [0.4, 0.5) is 8.78 Å². The summed E-state index contributed by atoms with van der Waals surface area (Å²) >= 11 is 0. The highest BCUT2D eigenvalue weighted by Crippen LogP contribution is 2.19.